The van der Waals surface area contributed by atoms with Crippen molar-refractivity contribution in [3.63, 3.8) is 0 Å². The number of nitrogens with one attached hydrogen (secondary N) is 1. The summed E-state index contributed by atoms with van der Waals surface area (Å²) in [5, 5.41) is 11.8. The Morgan fingerprint density at radius 1 is 1.44 bits per heavy atom. The third-order valence-electron chi connectivity index (χ3n) is 3.63. The van der Waals surface area contributed by atoms with E-state index in [2.05, 4.69) is 22.6 Å². The van der Waals surface area contributed by atoms with Gasteiger partial charge in [0.2, 0.25) is 0 Å². The predicted molar refractivity (Wildman–Crippen MR) is 64.1 cm³/mol. The van der Waals surface area contributed by atoms with Crippen LogP contribution in [0, 0.1) is 0 Å². The molecule has 0 aliphatic carbocycles. The van der Waals surface area contributed by atoms with Gasteiger partial charge in [0.05, 0.1) is 17.4 Å². The number of aromatic nitrogens is 3. The fourth-order valence-corrected chi connectivity index (χ4v) is 2.85. The molecule has 0 saturated carbocycles. The average Bonchev–Trinajstić information content (AvgIpc) is 2.57. The number of nitrogens with zero attached hydrogens (tertiary/aromatic N) is 3. The fraction of sp³-hybridized carbons (Fsp3) is 0.833. The van der Waals surface area contributed by atoms with Crippen LogP contribution in [0.15, 0.2) is 6.20 Å². The van der Waals surface area contributed by atoms with Gasteiger partial charge in [-0.15, -0.1) is 5.10 Å². The van der Waals surface area contributed by atoms with Gasteiger partial charge in [-0.1, -0.05) is 31.4 Å². The van der Waals surface area contributed by atoms with E-state index in [1.165, 1.54) is 44.2 Å². The van der Waals surface area contributed by atoms with Gasteiger partial charge in [-0.05, 0) is 25.8 Å². The van der Waals surface area contributed by atoms with Crippen LogP contribution in [-0.4, -0.2) is 21.5 Å². The number of aryl methyl sites for hydroxylation is 1. The van der Waals surface area contributed by atoms with Crippen LogP contribution >= 0.6 is 0 Å². The third-order valence-corrected chi connectivity index (χ3v) is 3.63. The summed E-state index contributed by atoms with van der Waals surface area (Å²) in [4.78, 5) is 0. The molecule has 90 valence electrons. The smallest absolute Gasteiger partial charge is 0.0784 e. The van der Waals surface area contributed by atoms with Gasteiger partial charge in [0, 0.05) is 7.05 Å². The standard InChI is InChI=1S/C12H22N4/c1-3-7-12(8-5-4-6-9-13-12)11-10-14-15-16(11)2/h10,13H,3-9H2,1-2H3. The van der Waals surface area contributed by atoms with Gasteiger partial charge in [-0.25, -0.2) is 0 Å². The molecule has 1 atom stereocenters. The Kier molecular flexibility index (Phi) is 3.59. The number of rotatable bonds is 3. The Hall–Kier alpha value is -0.900. The highest BCUT2D eigenvalue weighted by Gasteiger charge is 2.34. The first-order chi connectivity index (χ1) is 7.78. The van der Waals surface area contributed by atoms with Crippen LogP contribution in [0.2, 0.25) is 0 Å². The quantitative estimate of drug-likeness (QED) is 0.850. The molecule has 1 aromatic rings. The molecule has 1 saturated heterocycles. The summed E-state index contributed by atoms with van der Waals surface area (Å²) < 4.78 is 1.92. The van der Waals surface area contributed by atoms with Crippen molar-refractivity contribution in [2.45, 2.75) is 51.0 Å². The molecule has 1 N–H and O–H groups in total. The van der Waals surface area contributed by atoms with Crippen molar-refractivity contribution in [1.82, 2.24) is 20.3 Å². The summed E-state index contributed by atoms with van der Waals surface area (Å²) in [5.74, 6) is 0. The van der Waals surface area contributed by atoms with Crippen molar-refractivity contribution < 1.29 is 0 Å². The molecular weight excluding hydrogens is 200 g/mol. The molecule has 1 aliphatic rings. The van der Waals surface area contributed by atoms with Crippen molar-refractivity contribution >= 4 is 0 Å². The predicted octanol–water partition coefficient (Wildman–Crippen LogP) is 1.97. The van der Waals surface area contributed by atoms with E-state index < -0.39 is 0 Å². The van der Waals surface area contributed by atoms with Gasteiger partial charge in [0.15, 0.2) is 0 Å². The molecule has 1 aromatic heterocycles. The fourth-order valence-electron chi connectivity index (χ4n) is 2.85. The maximum Gasteiger partial charge on any atom is 0.0784 e. The average molecular weight is 222 g/mol. The molecule has 1 unspecified atom stereocenters. The van der Waals surface area contributed by atoms with Crippen molar-refractivity contribution in [1.29, 1.82) is 0 Å². The normalized spacial score (nSPS) is 26.6. The maximum absolute atomic E-state index is 4.08. The lowest BCUT2D eigenvalue weighted by Crippen LogP contribution is -2.43. The van der Waals surface area contributed by atoms with Crippen LogP contribution in [0.4, 0.5) is 0 Å². The number of hydrogen-bond donors (Lipinski definition) is 1. The Bertz CT molecular complexity index is 324. The van der Waals surface area contributed by atoms with E-state index in [1.54, 1.807) is 0 Å². The summed E-state index contributed by atoms with van der Waals surface area (Å²) in [6.45, 7) is 3.36. The zero-order chi connectivity index (χ0) is 11.4. The lowest BCUT2D eigenvalue weighted by molar-refractivity contribution is 0.278. The highest BCUT2D eigenvalue weighted by molar-refractivity contribution is 5.12. The zero-order valence-electron chi connectivity index (χ0n) is 10.4. The van der Waals surface area contributed by atoms with Crippen molar-refractivity contribution in [2.75, 3.05) is 6.54 Å². The Morgan fingerprint density at radius 3 is 3.00 bits per heavy atom. The van der Waals surface area contributed by atoms with Gasteiger partial charge in [-0.2, -0.15) is 0 Å². The SMILES string of the molecule is CCCC1(c2cnnn2C)CCCCCN1. The van der Waals surface area contributed by atoms with E-state index in [-0.39, 0.29) is 5.54 Å². The van der Waals surface area contributed by atoms with Crippen LogP contribution in [-0.2, 0) is 12.6 Å². The second-order valence-corrected chi connectivity index (χ2v) is 4.81. The van der Waals surface area contributed by atoms with E-state index in [0.29, 0.717) is 0 Å². The molecule has 0 amide bonds. The molecule has 4 nitrogen and oxygen atoms in total. The highest BCUT2D eigenvalue weighted by Crippen LogP contribution is 2.33. The lowest BCUT2D eigenvalue weighted by atomic mass is 9.85. The van der Waals surface area contributed by atoms with Gasteiger partial charge < -0.3 is 5.32 Å². The topological polar surface area (TPSA) is 42.7 Å². The summed E-state index contributed by atoms with van der Waals surface area (Å²) in [7, 11) is 1.99. The molecule has 16 heavy (non-hydrogen) atoms. The van der Waals surface area contributed by atoms with Crippen molar-refractivity contribution in [2.24, 2.45) is 7.05 Å². The summed E-state index contributed by atoms with van der Waals surface area (Å²) in [5.41, 5.74) is 1.36. The van der Waals surface area contributed by atoms with Crippen LogP contribution in [0.5, 0.6) is 0 Å². The minimum atomic E-state index is 0.115. The maximum atomic E-state index is 4.08. The summed E-state index contributed by atoms with van der Waals surface area (Å²) in [6.07, 6.45) is 9.43. The molecule has 0 spiro atoms. The minimum Gasteiger partial charge on any atom is -0.306 e. The molecule has 0 aromatic carbocycles. The molecular formula is C12H22N4. The monoisotopic (exact) mass is 222 g/mol. The van der Waals surface area contributed by atoms with E-state index in [4.69, 9.17) is 0 Å². The Labute approximate surface area is 97.4 Å². The Morgan fingerprint density at radius 2 is 2.31 bits per heavy atom. The molecule has 4 heteroatoms. The lowest BCUT2D eigenvalue weighted by Gasteiger charge is -2.33. The van der Waals surface area contributed by atoms with Crippen LogP contribution in [0.3, 0.4) is 0 Å². The summed E-state index contributed by atoms with van der Waals surface area (Å²) >= 11 is 0. The van der Waals surface area contributed by atoms with E-state index in [0.717, 1.165) is 6.54 Å². The van der Waals surface area contributed by atoms with E-state index in [9.17, 15) is 0 Å². The second-order valence-electron chi connectivity index (χ2n) is 4.81. The first-order valence-corrected chi connectivity index (χ1v) is 6.39. The zero-order valence-corrected chi connectivity index (χ0v) is 10.4. The molecule has 0 radical (unpaired) electrons. The largest absolute Gasteiger partial charge is 0.306 e. The second kappa shape index (κ2) is 4.95. The first kappa shape index (κ1) is 11.6. The molecule has 2 rings (SSSR count). The van der Waals surface area contributed by atoms with Gasteiger partial charge in [-0.3, -0.25) is 4.68 Å². The van der Waals surface area contributed by atoms with Crippen molar-refractivity contribution in [3.8, 4) is 0 Å². The van der Waals surface area contributed by atoms with Crippen LogP contribution < -0.4 is 5.32 Å². The first-order valence-electron chi connectivity index (χ1n) is 6.39. The minimum absolute atomic E-state index is 0.115. The van der Waals surface area contributed by atoms with Crippen molar-refractivity contribution in [3.05, 3.63) is 11.9 Å². The van der Waals surface area contributed by atoms with Gasteiger partial charge in [0.1, 0.15) is 0 Å². The van der Waals surface area contributed by atoms with Crippen LogP contribution in [0.25, 0.3) is 0 Å². The van der Waals surface area contributed by atoms with Gasteiger partial charge in [0.25, 0.3) is 0 Å². The van der Waals surface area contributed by atoms with E-state index >= 15 is 0 Å². The van der Waals surface area contributed by atoms with E-state index in [1.807, 2.05) is 17.9 Å². The Balaban J connectivity index is 2.29. The van der Waals surface area contributed by atoms with Gasteiger partial charge >= 0.3 is 0 Å². The molecule has 2 heterocycles. The number of hydrogen-bond acceptors (Lipinski definition) is 3. The third kappa shape index (κ3) is 2.12. The highest BCUT2D eigenvalue weighted by atomic mass is 15.4. The molecule has 0 bridgehead atoms. The van der Waals surface area contributed by atoms with Crippen LogP contribution in [0.1, 0.15) is 51.1 Å². The summed E-state index contributed by atoms with van der Waals surface area (Å²) in [6, 6.07) is 0. The molecule has 1 fully saturated rings. The molecule has 1 aliphatic heterocycles.